The minimum Gasteiger partial charge on any atom is -0.383 e. The van der Waals surface area contributed by atoms with Crippen LogP contribution in [0.3, 0.4) is 0 Å². The van der Waals surface area contributed by atoms with Crippen LogP contribution >= 0.6 is 31.9 Å². The minimum atomic E-state index is 0.419. The van der Waals surface area contributed by atoms with Crippen LogP contribution in [0, 0.1) is 0 Å². The van der Waals surface area contributed by atoms with E-state index < -0.39 is 0 Å². The Kier molecular flexibility index (Phi) is 4.19. The van der Waals surface area contributed by atoms with Crippen LogP contribution in [-0.4, -0.2) is 9.97 Å². The first kappa shape index (κ1) is 13.3. The van der Waals surface area contributed by atoms with Gasteiger partial charge in [0.15, 0.2) is 0 Å². The molecular formula is C12H12Br2N4. The van der Waals surface area contributed by atoms with Crippen LogP contribution in [0.15, 0.2) is 33.5 Å². The van der Waals surface area contributed by atoms with Crippen molar-refractivity contribution in [1.82, 2.24) is 9.97 Å². The second-order valence-electron chi connectivity index (χ2n) is 3.70. The largest absolute Gasteiger partial charge is 0.383 e. The van der Waals surface area contributed by atoms with Gasteiger partial charge in [-0.15, -0.1) is 0 Å². The average Bonchev–Trinajstić information content (AvgIpc) is 2.37. The zero-order valence-corrected chi connectivity index (χ0v) is 12.9. The van der Waals surface area contributed by atoms with Crippen molar-refractivity contribution in [1.29, 1.82) is 0 Å². The van der Waals surface area contributed by atoms with Gasteiger partial charge in [0.1, 0.15) is 22.4 Å². The monoisotopic (exact) mass is 370 g/mol. The molecule has 4 nitrogen and oxygen atoms in total. The van der Waals surface area contributed by atoms with E-state index in [2.05, 4.69) is 60.1 Å². The lowest BCUT2D eigenvalue weighted by Gasteiger charge is -2.12. The summed E-state index contributed by atoms with van der Waals surface area (Å²) in [6, 6.07) is 6.08. The fraction of sp³-hybridized carbons (Fsp3) is 0.167. The first-order chi connectivity index (χ1) is 8.61. The highest BCUT2D eigenvalue weighted by Crippen LogP contribution is 2.29. The number of nitrogens with two attached hydrogens (primary N) is 1. The molecule has 6 heteroatoms. The summed E-state index contributed by atoms with van der Waals surface area (Å²) in [5.41, 5.74) is 7.94. The number of anilines is 3. The van der Waals surface area contributed by atoms with Crippen molar-refractivity contribution >= 4 is 49.2 Å². The third kappa shape index (κ3) is 2.81. The Balaban J connectivity index is 2.37. The molecule has 3 N–H and O–H groups in total. The highest BCUT2D eigenvalue weighted by molar-refractivity contribution is 9.11. The summed E-state index contributed by atoms with van der Waals surface area (Å²) in [6.07, 6.45) is 2.37. The fourth-order valence-corrected chi connectivity index (χ4v) is 2.29. The third-order valence-corrected chi connectivity index (χ3v) is 3.79. The van der Waals surface area contributed by atoms with Crippen LogP contribution in [0.25, 0.3) is 0 Å². The molecule has 1 heterocycles. The number of benzene rings is 1. The van der Waals surface area contributed by atoms with Gasteiger partial charge >= 0.3 is 0 Å². The van der Waals surface area contributed by atoms with Gasteiger partial charge in [-0.25, -0.2) is 9.97 Å². The van der Waals surface area contributed by atoms with E-state index in [0.717, 1.165) is 16.6 Å². The molecule has 0 aliphatic heterocycles. The molecule has 0 bridgehead atoms. The zero-order valence-electron chi connectivity index (χ0n) is 9.74. The molecule has 94 valence electrons. The van der Waals surface area contributed by atoms with Crippen molar-refractivity contribution in [3.63, 3.8) is 0 Å². The van der Waals surface area contributed by atoms with Gasteiger partial charge in [0.25, 0.3) is 0 Å². The lowest BCUT2D eigenvalue weighted by Crippen LogP contribution is -2.01. The van der Waals surface area contributed by atoms with E-state index in [-0.39, 0.29) is 0 Å². The number of rotatable bonds is 3. The highest BCUT2D eigenvalue weighted by Gasteiger charge is 2.08. The number of hydrogen-bond acceptors (Lipinski definition) is 4. The zero-order chi connectivity index (χ0) is 13.1. The number of hydrogen-bond donors (Lipinski definition) is 2. The van der Waals surface area contributed by atoms with Crippen LogP contribution < -0.4 is 11.1 Å². The molecule has 0 saturated carbocycles. The number of nitrogen functional groups attached to an aromatic ring is 1. The maximum Gasteiger partial charge on any atom is 0.150 e. The summed E-state index contributed by atoms with van der Waals surface area (Å²) in [6.45, 7) is 2.11. The van der Waals surface area contributed by atoms with Crippen molar-refractivity contribution in [3.8, 4) is 0 Å². The normalized spacial score (nSPS) is 10.4. The molecule has 1 aromatic heterocycles. The Hall–Kier alpha value is -1.14. The standard InChI is InChI=1S/C12H12Br2N4/c1-2-7-5-8(13)3-4-9(7)18-12-10(14)11(15)16-6-17-12/h3-6H,2H2,1H3,(H3,15,16,17,18). The number of nitrogens with one attached hydrogen (secondary N) is 1. The molecule has 0 atom stereocenters. The smallest absolute Gasteiger partial charge is 0.150 e. The van der Waals surface area contributed by atoms with Crippen molar-refractivity contribution in [3.05, 3.63) is 39.0 Å². The Morgan fingerprint density at radius 1 is 1.28 bits per heavy atom. The molecule has 0 spiro atoms. The van der Waals surface area contributed by atoms with Crippen LogP contribution in [0.4, 0.5) is 17.3 Å². The van der Waals surface area contributed by atoms with Gasteiger partial charge < -0.3 is 11.1 Å². The van der Waals surface area contributed by atoms with E-state index in [9.17, 15) is 0 Å². The van der Waals surface area contributed by atoms with E-state index in [1.165, 1.54) is 11.9 Å². The maximum absolute atomic E-state index is 5.72. The number of aromatic nitrogens is 2. The van der Waals surface area contributed by atoms with Gasteiger partial charge in [-0.05, 0) is 46.1 Å². The first-order valence-electron chi connectivity index (χ1n) is 5.43. The lowest BCUT2D eigenvalue weighted by atomic mass is 10.1. The predicted molar refractivity (Wildman–Crippen MR) is 80.9 cm³/mol. The summed E-state index contributed by atoms with van der Waals surface area (Å²) in [5.74, 6) is 1.09. The van der Waals surface area contributed by atoms with Gasteiger partial charge in [0, 0.05) is 10.2 Å². The summed E-state index contributed by atoms with van der Waals surface area (Å²) in [4.78, 5) is 8.08. The van der Waals surface area contributed by atoms with E-state index in [1.54, 1.807) is 0 Å². The molecular weight excluding hydrogens is 360 g/mol. The predicted octanol–water partition coefficient (Wildman–Crippen LogP) is 3.89. The summed E-state index contributed by atoms with van der Waals surface area (Å²) >= 11 is 6.84. The first-order valence-corrected chi connectivity index (χ1v) is 7.01. The molecule has 18 heavy (non-hydrogen) atoms. The molecule has 0 radical (unpaired) electrons. The van der Waals surface area contributed by atoms with E-state index in [0.29, 0.717) is 16.1 Å². The van der Waals surface area contributed by atoms with Gasteiger partial charge in [-0.1, -0.05) is 22.9 Å². The molecule has 0 aliphatic rings. The van der Waals surface area contributed by atoms with Crippen molar-refractivity contribution in [2.75, 3.05) is 11.1 Å². The van der Waals surface area contributed by atoms with Gasteiger partial charge in [-0.3, -0.25) is 0 Å². The Bertz CT molecular complexity index is 572. The quantitative estimate of drug-likeness (QED) is 0.858. The average molecular weight is 372 g/mol. The molecule has 0 aliphatic carbocycles. The van der Waals surface area contributed by atoms with Crippen LogP contribution in [-0.2, 0) is 6.42 Å². The second-order valence-corrected chi connectivity index (χ2v) is 5.41. The van der Waals surface area contributed by atoms with E-state index in [4.69, 9.17) is 5.73 Å². The fourth-order valence-electron chi connectivity index (χ4n) is 1.57. The van der Waals surface area contributed by atoms with Crippen LogP contribution in [0.2, 0.25) is 0 Å². The number of nitrogens with zero attached hydrogens (tertiary/aromatic N) is 2. The number of aryl methyl sites for hydroxylation is 1. The van der Waals surface area contributed by atoms with Crippen molar-refractivity contribution < 1.29 is 0 Å². The van der Waals surface area contributed by atoms with E-state index >= 15 is 0 Å². The lowest BCUT2D eigenvalue weighted by molar-refractivity contribution is 1.12. The van der Waals surface area contributed by atoms with Gasteiger partial charge in [0.05, 0.1) is 0 Å². The maximum atomic E-state index is 5.72. The molecule has 0 unspecified atom stereocenters. The van der Waals surface area contributed by atoms with Gasteiger partial charge in [-0.2, -0.15) is 0 Å². The number of halogens is 2. The Morgan fingerprint density at radius 2 is 2.06 bits per heavy atom. The molecule has 1 aromatic carbocycles. The molecule has 0 amide bonds. The van der Waals surface area contributed by atoms with Crippen molar-refractivity contribution in [2.45, 2.75) is 13.3 Å². The topological polar surface area (TPSA) is 63.8 Å². The molecule has 2 aromatic rings. The summed E-state index contributed by atoms with van der Waals surface area (Å²) < 4.78 is 1.74. The van der Waals surface area contributed by atoms with Gasteiger partial charge in [0.2, 0.25) is 0 Å². The van der Waals surface area contributed by atoms with Crippen LogP contribution in [0.1, 0.15) is 12.5 Å². The van der Waals surface area contributed by atoms with E-state index in [1.807, 2.05) is 12.1 Å². The molecule has 0 saturated heterocycles. The van der Waals surface area contributed by atoms with Crippen LogP contribution in [0.5, 0.6) is 0 Å². The molecule has 0 fully saturated rings. The molecule has 2 rings (SSSR count). The summed E-state index contributed by atoms with van der Waals surface area (Å²) in [5, 5.41) is 3.26. The Morgan fingerprint density at radius 3 is 2.78 bits per heavy atom. The Labute approximate surface area is 122 Å². The second kappa shape index (κ2) is 5.67. The SMILES string of the molecule is CCc1cc(Br)ccc1Nc1ncnc(N)c1Br. The highest BCUT2D eigenvalue weighted by atomic mass is 79.9. The summed E-state index contributed by atoms with van der Waals surface area (Å²) in [7, 11) is 0. The third-order valence-electron chi connectivity index (χ3n) is 2.52. The van der Waals surface area contributed by atoms with Crippen molar-refractivity contribution in [2.24, 2.45) is 0 Å². The minimum absolute atomic E-state index is 0.419.